The summed E-state index contributed by atoms with van der Waals surface area (Å²) in [5.41, 5.74) is 0. The molecule has 2 saturated heterocycles. The average Bonchev–Trinajstić information content (AvgIpc) is 3.08. The summed E-state index contributed by atoms with van der Waals surface area (Å²) in [5, 5.41) is 3.32. The molecule has 1 amide bonds. The summed E-state index contributed by atoms with van der Waals surface area (Å²) in [6, 6.07) is 4.05. The standard InChI is InChI=1S/C15H22ClN3OS.ClH/c1-11-8-17-9-13(11)15(20)19-6-4-18(5-7-19)10-12-2-3-14(16)21-12;/h2-3,11,13,17H,4-10H2,1H3;1H/t11-,13-;/m1./s1. The molecule has 0 aromatic carbocycles. The summed E-state index contributed by atoms with van der Waals surface area (Å²) in [6.07, 6.45) is 0. The highest BCUT2D eigenvalue weighted by molar-refractivity contribution is 7.16. The number of amides is 1. The van der Waals surface area contributed by atoms with Crippen LogP contribution in [0.5, 0.6) is 0 Å². The summed E-state index contributed by atoms with van der Waals surface area (Å²) in [6.45, 7) is 8.53. The van der Waals surface area contributed by atoms with Gasteiger partial charge < -0.3 is 10.2 Å². The number of nitrogens with zero attached hydrogens (tertiary/aromatic N) is 2. The Morgan fingerprint density at radius 3 is 2.59 bits per heavy atom. The predicted molar refractivity (Wildman–Crippen MR) is 94.0 cm³/mol. The van der Waals surface area contributed by atoms with Gasteiger partial charge in [0.15, 0.2) is 0 Å². The minimum atomic E-state index is 0. The maximum Gasteiger partial charge on any atom is 0.227 e. The zero-order valence-corrected chi connectivity index (χ0v) is 15.1. The van der Waals surface area contributed by atoms with E-state index in [0.717, 1.165) is 50.1 Å². The first-order valence-corrected chi connectivity index (χ1v) is 8.79. The average molecular weight is 364 g/mol. The van der Waals surface area contributed by atoms with Crippen molar-refractivity contribution in [2.45, 2.75) is 13.5 Å². The van der Waals surface area contributed by atoms with Crippen LogP contribution < -0.4 is 5.32 Å². The Morgan fingerprint density at radius 2 is 2.05 bits per heavy atom. The molecule has 1 aromatic heterocycles. The van der Waals surface area contributed by atoms with Gasteiger partial charge in [0.05, 0.1) is 10.3 Å². The van der Waals surface area contributed by atoms with Crippen molar-refractivity contribution < 1.29 is 4.79 Å². The van der Waals surface area contributed by atoms with Gasteiger partial charge >= 0.3 is 0 Å². The fourth-order valence-corrected chi connectivity index (χ4v) is 4.29. The van der Waals surface area contributed by atoms with Crippen molar-refractivity contribution in [2.24, 2.45) is 11.8 Å². The number of carbonyl (C=O) groups is 1. The fraction of sp³-hybridized carbons (Fsp3) is 0.667. The minimum absolute atomic E-state index is 0. The lowest BCUT2D eigenvalue weighted by molar-refractivity contribution is -0.137. The molecule has 0 unspecified atom stereocenters. The molecule has 22 heavy (non-hydrogen) atoms. The second kappa shape index (κ2) is 7.97. The molecule has 1 N–H and O–H groups in total. The molecule has 4 nitrogen and oxygen atoms in total. The second-order valence-electron chi connectivity index (χ2n) is 6.05. The number of hydrogen-bond donors (Lipinski definition) is 1. The van der Waals surface area contributed by atoms with Crippen LogP contribution in [0, 0.1) is 11.8 Å². The molecule has 3 rings (SSSR count). The van der Waals surface area contributed by atoms with E-state index in [9.17, 15) is 4.79 Å². The Hall–Kier alpha value is -0.330. The maximum absolute atomic E-state index is 12.5. The van der Waals surface area contributed by atoms with Crippen LogP contribution in [0.15, 0.2) is 12.1 Å². The van der Waals surface area contributed by atoms with Crippen LogP contribution in [0.2, 0.25) is 4.34 Å². The molecule has 0 aliphatic carbocycles. The Bertz CT molecular complexity index is 503. The second-order valence-corrected chi connectivity index (χ2v) is 7.85. The van der Waals surface area contributed by atoms with Gasteiger partial charge in [-0.1, -0.05) is 18.5 Å². The number of carbonyl (C=O) groups excluding carboxylic acids is 1. The SMILES string of the molecule is C[C@@H]1CNC[C@H]1C(=O)N1CCN(Cc2ccc(Cl)s2)CC1.Cl. The first-order chi connectivity index (χ1) is 10.1. The maximum atomic E-state index is 12.5. The van der Waals surface area contributed by atoms with Crippen LogP contribution >= 0.6 is 35.3 Å². The molecule has 124 valence electrons. The topological polar surface area (TPSA) is 35.6 Å². The molecule has 7 heteroatoms. The van der Waals surface area contributed by atoms with Gasteiger partial charge in [0.1, 0.15) is 0 Å². The molecule has 0 saturated carbocycles. The predicted octanol–water partition coefficient (Wildman–Crippen LogP) is 2.32. The van der Waals surface area contributed by atoms with Gasteiger partial charge in [-0.3, -0.25) is 9.69 Å². The minimum Gasteiger partial charge on any atom is -0.340 e. The lowest BCUT2D eigenvalue weighted by atomic mass is 9.96. The van der Waals surface area contributed by atoms with Crippen LogP contribution in [0.25, 0.3) is 0 Å². The Labute approximate surface area is 147 Å². The van der Waals surface area contributed by atoms with Gasteiger partial charge in [-0.05, 0) is 24.6 Å². The Morgan fingerprint density at radius 1 is 1.32 bits per heavy atom. The third kappa shape index (κ3) is 4.15. The number of halogens is 2. The molecule has 0 radical (unpaired) electrons. The Balaban J connectivity index is 0.00000176. The van der Waals surface area contributed by atoms with Crippen LogP contribution in [-0.4, -0.2) is 55.0 Å². The van der Waals surface area contributed by atoms with Crippen LogP contribution in [0.1, 0.15) is 11.8 Å². The molecule has 2 atom stereocenters. The summed E-state index contributed by atoms with van der Waals surface area (Å²) in [7, 11) is 0. The highest BCUT2D eigenvalue weighted by Gasteiger charge is 2.33. The van der Waals surface area contributed by atoms with Crippen molar-refractivity contribution in [2.75, 3.05) is 39.3 Å². The highest BCUT2D eigenvalue weighted by atomic mass is 35.5. The number of thiophene rings is 1. The summed E-state index contributed by atoms with van der Waals surface area (Å²) >= 11 is 7.61. The zero-order chi connectivity index (χ0) is 14.8. The number of hydrogen-bond acceptors (Lipinski definition) is 4. The van der Waals surface area contributed by atoms with Crippen molar-refractivity contribution in [3.63, 3.8) is 0 Å². The van der Waals surface area contributed by atoms with E-state index in [2.05, 4.69) is 23.2 Å². The van der Waals surface area contributed by atoms with Crippen molar-refractivity contribution in [1.29, 1.82) is 0 Å². The van der Waals surface area contributed by atoms with Crippen molar-refractivity contribution in [3.05, 3.63) is 21.3 Å². The smallest absolute Gasteiger partial charge is 0.227 e. The van der Waals surface area contributed by atoms with E-state index in [-0.39, 0.29) is 18.3 Å². The Kier molecular flexibility index (Phi) is 6.53. The van der Waals surface area contributed by atoms with Crippen LogP contribution in [-0.2, 0) is 11.3 Å². The lowest BCUT2D eigenvalue weighted by Gasteiger charge is -2.36. The molecule has 0 spiro atoms. The van der Waals surface area contributed by atoms with E-state index in [1.807, 2.05) is 11.0 Å². The summed E-state index contributed by atoms with van der Waals surface area (Å²) in [5.74, 6) is 0.975. The van der Waals surface area contributed by atoms with Gasteiger partial charge in [-0.2, -0.15) is 0 Å². The van der Waals surface area contributed by atoms with E-state index < -0.39 is 0 Å². The largest absolute Gasteiger partial charge is 0.340 e. The van der Waals surface area contributed by atoms with E-state index in [1.165, 1.54) is 4.88 Å². The van der Waals surface area contributed by atoms with Crippen molar-refractivity contribution in [1.82, 2.24) is 15.1 Å². The highest BCUT2D eigenvalue weighted by Crippen LogP contribution is 2.24. The normalized spacial score (nSPS) is 26.0. The molecule has 3 heterocycles. The van der Waals surface area contributed by atoms with Crippen LogP contribution in [0.3, 0.4) is 0 Å². The van der Waals surface area contributed by atoms with Gasteiger partial charge in [0.2, 0.25) is 5.91 Å². The van der Waals surface area contributed by atoms with Crippen LogP contribution in [0.4, 0.5) is 0 Å². The first kappa shape index (κ1) is 18.0. The quantitative estimate of drug-likeness (QED) is 0.894. The van der Waals surface area contributed by atoms with Gasteiger partial charge in [0, 0.05) is 44.1 Å². The van der Waals surface area contributed by atoms with Crippen molar-refractivity contribution >= 4 is 41.3 Å². The van der Waals surface area contributed by atoms with Gasteiger partial charge in [-0.15, -0.1) is 23.7 Å². The summed E-state index contributed by atoms with van der Waals surface area (Å²) < 4.78 is 0.849. The third-order valence-electron chi connectivity index (χ3n) is 4.53. The number of rotatable bonds is 3. The lowest BCUT2D eigenvalue weighted by Crippen LogP contribution is -2.50. The monoisotopic (exact) mass is 363 g/mol. The third-order valence-corrected chi connectivity index (χ3v) is 5.74. The van der Waals surface area contributed by atoms with E-state index in [0.29, 0.717) is 11.8 Å². The number of nitrogens with one attached hydrogen (secondary N) is 1. The molecule has 1 aromatic rings. The summed E-state index contributed by atoms with van der Waals surface area (Å²) in [4.78, 5) is 18.3. The molecule has 2 aliphatic rings. The molecule has 2 fully saturated rings. The molecule has 2 aliphatic heterocycles. The van der Waals surface area contributed by atoms with E-state index in [4.69, 9.17) is 11.6 Å². The van der Waals surface area contributed by atoms with E-state index >= 15 is 0 Å². The molecular weight excluding hydrogens is 341 g/mol. The fourth-order valence-electron chi connectivity index (χ4n) is 3.16. The number of piperazine rings is 1. The van der Waals surface area contributed by atoms with Crippen molar-refractivity contribution in [3.8, 4) is 0 Å². The first-order valence-electron chi connectivity index (χ1n) is 7.59. The zero-order valence-electron chi connectivity index (χ0n) is 12.8. The molecule has 0 bridgehead atoms. The van der Waals surface area contributed by atoms with Gasteiger partial charge in [-0.25, -0.2) is 0 Å². The van der Waals surface area contributed by atoms with Gasteiger partial charge in [0.25, 0.3) is 0 Å². The molecular formula is C15H23Cl2N3OS. The van der Waals surface area contributed by atoms with E-state index in [1.54, 1.807) is 11.3 Å².